The minimum atomic E-state index is -0.296. The van der Waals surface area contributed by atoms with Crippen molar-refractivity contribution in [1.82, 2.24) is 4.98 Å². The van der Waals surface area contributed by atoms with Gasteiger partial charge in [0.15, 0.2) is 5.13 Å². The molecule has 0 saturated carbocycles. The van der Waals surface area contributed by atoms with Crippen LogP contribution in [0.2, 0.25) is 10.0 Å². The Bertz CT molecular complexity index is 946. The van der Waals surface area contributed by atoms with E-state index in [1.165, 1.54) is 17.4 Å². The first-order valence-corrected chi connectivity index (χ1v) is 9.46. The van der Waals surface area contributed by atoms with Crippen molar-refractivity contribution >= 4 is 61.5 Å². The second-order valence-electron chi connectivity index (χ2n) is 4.97. The van der Waals surface area contributed by atoms with Crippen LogP contribution in [-0.2, 0) is 0 Å². The third-order valence-corrected chi connectivity index (χ3v) is 5.47. The van der Waals surface area contributed by atoms with E-state index in [0.717, 1.165) is 21.5 Å². The van der Waals surface area contributed by atoms with Crippen LogP contribution in [0.3, 0.4) is 0 Å². The summed E-state index contributed by atoms with van der Waals surface area (Å²) in [6.45, 7) is 0. The van der Waals surface area contributed by atoms with Gasteiger partial charge >= 0.3 is 0 Å². The van der Waals surface area contributed by atoms with Gasteiger partial charge in [-0.1, -0.05) is 23.2 Å². The molecule has 1 heterocycles. The van der Waals surface area contributed by atoms with Gasteiger partial charge in [-0.15, -0.1) is 11.3 Å². The molecule has 1 N–H and O–H groups in total. The molecule has 3 aromatic rings. The smallest absolute Gasteiger partial charge is 0.257 e. The Kier molecular flexibility index (Phi) is 5.64. The zero-order chi connectivity index (χ0) is 18.0. The van der Waals surface area contributed by atoms with Crippen LogP contribution < -0.4 is 10.1 Å². The van der Waals surface area contributed by atoms with E-state index >= 15 is 0 Å². The van der Waals surface area contributed by atoms with Crippen molar-refractivity contribution in [3.8, 4) is 17.0 Å². The molecule has 1 amide bonds. The molecule has 0 bridgehead atoms. The fourth-order valence-corrected chi connectivity index (χ4v) is 3.65. The van der Waals surface area contributed by atoms with E-state index < -0.39 is 0 Å². The fraction of sp³-hybridized carbons (Fsp3) is 0.0588. The summed E-state index contributed by atoms with van der Waals surface area (Å²) in [7, 11) is 1.61. The second-order valence-corrected chi connectivity index (χ2v) is 7.50. The summed E-state index contributed by atoms with van der Waals surface area (Å²) in [5.74, 6) is 0.447. The van der Waals surface area contributed by atoms with Crippen LogP contribution in [0.25, 0.3) is 11.3 Å². The first-order chi connectivity index (χ1) is 12.0. The van der Waals surface area contributed by atoms with E-state index in [1.807, 2.05) is 23.6 Å². The monoisotopic (exact) mass is 456 g/mol. The standard InChI is InChI=1S/C17H11BrCl2N2O2S/c1-24-15-5-3-9(6-11(15)18)14-8-25-17(21-14)22-16(23)10-2-4-12(19)13(20)7-10/h2-8H,1H3,(H,21,22,23). The fourth-order valence-electron chi connectivity index (χ4n) is 2.10. The lowest BCUT2D eigenvalue weighted by atomic mass is 10.2. The first kappa shape index (κ1) is 18.2. The Morgan fingerprint density at radius 3 is 2.68 bits per heavy atom. The Hall–Kier alpha value is -1.60. The zero-order valence-corrected chi connectivity index (χ0v) is 16.8. The van der Waals surface area contributed by atoms with Crippen LogP contribution in [0, 0.1) is 0 Å². The highest BCUT2D eigenvalue weighted by Gasteiger charge is 2.12. The molecule has 25 heavy (non-hydrogen) atoms. The lowest BCUT2D eigenvalue weighted by Gasteiger charge is -2.05. The minimum Gasteiger partial charge on any atom is -0.496 e. The maximum Gasteiger partial charge on any atom is 0.257 e. The quantitative estimate of drug-likeness (QED) is 0.511. The van der Waals surface area contributed by atoms with Crippen LogP contribution >= 0.6 is 50.5 Å². The van der Waals surface area contributed by atoms with Gasteiger partial charge in [-0.25, -0.2) is 4.98 Å². The number of nitrogens with zero attached hydrogens (tertiary/aromatic N) is 1. The molecule has 2 aromatic carbocycles. The van der Waals surface area contributed by atoms with Gasteiger partial charge in [-0.2, -0.15) is 0 Å². The Balaban J connectivity index is 1.78. The lowest BCUT2D eigenvalue weighted by Crippen LogP contribution is -2.11. The SMILES string of the molecule is COc1ccc(-c2csc(NC(=O)c3ccc(Cl)c(Cl)c3)n2)cc1Br. The summed E-state index contributed by atoms with van der Waals surface area (Å²) >= 11 is 16.6. The van der Waals surface area contributed by atoms with E-state index in [1.54, 1.807) is 19.2 Å². The van der Waals surface area contributed by atoms with Gasteiger partial charge in [0, 0.05) is 16.5 Å². The molecule has 1 aromatic heterocycles. The molecular formula is C17H11BrCl2N2O2S. The minimum absolute atomic E-state index is 0.296. The average molecular weight is 458 g/mol. The van der Waals surface area contributed by atoms with Gasteiger partial charge in [0.2, 0.25) is 0 Å². The molecule has 0 fully saturated rings. The number of nitrogens with one attached hydrogen (secondary N) is 1. The van der Waals surface area contributed by atoms with Crippen molar-refractivity contribution in [2.24, 2.45) is 0 Å². The number of methoxy groups -OCH3 is 1. The molecule has 0 aliphatic carbocycles. The number of anilines is 1. The van der Waals surface area contributed by atoms with Crippen LogP contribution in [0.1, 0.15) is 10.4 Å². The number of hydrogen-bond acceptors (Lipinski definition) is 4. The number of ether oxygens (including phenoxy) is 1. The molecule has 0 unspecified atom stereocenters. The molecule has 128 valence electrons. The molecule has 0 radical (unpaired) electrons. The summed E-state index contributed by atoms with van der Waals surface area (Å²) < 4.78 is 6.05. The lowest BCUT2D eigenvalue weighted by molar-refractivity contribution is 0.102. The summed E-state index contributed by atoms with van der Waals surface area (Å²) in [4.78, 5) is 16.7. The number of carbonyl (C=O) groups excluding carboxylic acids is 1. The van der Waals surface area contributed by atoms with Crippen molar-refractivity contribution in [2.45, 2.75) is 0 Å². The maximum absolute atomic E-state index is 12.3. The highest BCUT2D eigenvalue weighted by atomic mass is 79.9. The van der Waals surface area contributed by atoms with E-state index in [0.29, 0.717) is 20.7 Å². The van der Waals surface area contributed by atoms with Crippen molar-refractivity contribution in [3.05, 3.63) is 61.9 Å². The molecule has 0 aliphatic rings. The summed E-state index contributed by atoms with van der Waals surface area (Å²) in [5.41, 5.74) is 2.09. The van der Waals surface area contributed by atoms with Crippen molar-refractivity contribution in [2.75, 3.05) is 12.4 Å². The molecule has 0 aliphatic heterocycles. The molecule has 4 nitrogen and oxygen atoms in total. The third kappa shape index (κ3) is 4.15. The molecule has 0 spiro atoms. The number of halogens is 3. The molecule has 0 saturated heterocycles. The first-order valence-electron chi connectivity index (χ1n) is 7.04. The van der Waals surface area contributed by atoms with Gasteiger partial charge in [0.1, 0.15) is 5.75 Å². The summed E-state index contributed by atoms with van der Waals surface area (Å²) in [6, 6.07) is 10.4. The molecular weight excluding hydrogens is 447 g/mol. The highest BCUT2D eigenvalue weighted by molar-refractivity contribution is 9.10. The number of carbonyl (C=O) groups is 1. The van der Waals surface area contributed by atoms with Gasteiger partial charge in [0.05, 0.1) is 27.3 Å². The summed E-state index contributed by atoms with van der Waals surface area (Å²) in [5, 5.41) is 5.87. The third-order valence-electron chi connectivity index (χ3n) is 3.35. The van der Waals surface area contributed by atoms with Crippen LogP contribution in [0.4, 0.5) is 5.13 Å². The Morgan fingerprint density at radius 2 is 2.00 bits per heavy atom. The zero-order valence-electron chi connectivity index (χ0n) is 12.8. The largest absolute Gasteiger partial charge is 0.496 e. The van der Waals surface area contributed by atoms with E-state index in [9.17, 15) is 4.79 Å². The van der Waals surface area contributed by atoms with Crippen molar-refractivity contribution < 1.29 is 9.53 Å². The number of benzene rings is 2. The van der Waals surface area contributed by atoms with Crippen molar-refractivity contribution in [3.63, 3.8) is 0 Å². The highest BCUT2D eigenvalue weighted by Crippen LogP contribution is 2.32. The number of thiazole rings is 1. The number of hydrogen-bond donors (Lipinski definition) is 1. The van der Waals surface area contributed by atoms with Crippen LogP contribution in [-0.4, -0.2) is 18.0 Å². The van der Waals surface area contributed by atoms with E-state index in [4.69, 9.17) is 27.9 Å². The normalized spacial score (nSPS) is 10.6. The number of aromatic nitrogens is 1. The van der Waals surface area contributed by atoms with Crippen LogP contribution in [0.15, 0.2) is 46.3 Å². The topological polar surface area (TPSA) is 51.2 Å². The number of rotatable bonds is 4. The predicted octanol–water partition coefficient (Wildman–Crippen LogP) is 6.14. The molecule has 8 heteroatoms. The van der Waals surface area contributed by atoms with Gasteiger partial charge in [0.25, 0.3) is 5.91 Å². The van der Waals surface area contributed by atoms with Gasteiger partial charge in [-0.3, -0.25) is 10.1 Å². The molecule has 0 atom stereocenters. The maximum atomic E-state index is 12.3. The number of amides is 1. The Labute approximate surface area is 166 Å². The second kappa shape index (κ2) is 7.74. The predicted molar refractivity (Wildman–Crippen MR) is 106 cm³/mol. The van der Waals surface area contributed by atoms with Gasteiger partial charge < -0.3 is 4.74 Å². The average Bonchev–Trinajstić information content (AvgIpc) is 3.05. The molecule has 3 rings (SSSR count). The van der Waals surface area contributed by atoms with E-state index in [2.05, 4.69) is 26.2 Å². The summed E-state index contributed by atoms with van der Waals surface area (Å²) in [6.07, 6.45) is 0. The van der Waals surface area contributed by atoms with Crippen LogP contribution in [0.5, 0.6) is 5.75 Å². The van der Waals surface area contributed by atoms with Gasteiger partial charge in [-0.05, 0) is 52.3 Å². The van der Waals surface area contributed by atoms with E-state index in [-0.39, 0.29) is 5.91 Å². The Morgan fingerprint density at radius 1 is 1.20 bits per heavy atom. The van der Waals surface area contributed by atoms with Crippen molar-refractivity contribution in [1.29, 1.82) is 0 Å².